The van der Waals surface area contributed by atoms with E-state index in [0.29, 0.717) is 11.8 Å². The molecule has 0 saturated heterocycles. The fourth-order valence-corrected chi connectivity index (χ4v) is 6.96. The number of hydrogen-bond acceptors (Lipinski definition) is 3. The quantitative estimate of drug-likeness (QED) is 0.151. The van der Waals surface area contributed by atoms with Crippen molar-refractivity contribution in [3.63, 3.8) is 0 Å². The highest BCUT2D eigenvalue weighted by Gasteiger charge is 2.17. The fraction of sp³-hybridized carbons (Fsp3) is 0.256. The highest BCUT2D eigenvalue weighted by atomic mass is 16.5. The van der Waals surface area contributed by atoms with Gasteiger partial charge in [-0.15, -0.1) is 0 Å². The molecule has 0 radical (unpaired) electrons. The van der Waals surface area contributed by atoms with Crippen molar-refractivity contribution in [3.05, 3.63) is 132 Å². The summed E-state index contributed by atoms with van der Waals surface area (Å²) in [5, 5.41) is 7.24. The Labute approximate surface area is 283 Å². The lowest BCUT2D eigenvalue weighted by atomic mass is 9.88. The zero-order chi connectivity index (χ0) is 33.4. The van der Waals surface area contributed by atoms with Gasteiger partial charge in [0.15, 0.2) is 0 Å². The van der Waals surface area contributed by atoms with Gasteiger partial charge in [-0.05, 0) is 108 Å². The van der Waals surface area contributed by atoms with E-state index in [2.05, 4.69) is 143 Å². The van der Waals surface area contributed by atoms with Gasteiger partial charge in [0.1, 0.15) is 17.3 Å². The van der Waals surface area contributed by atoms with E-state index in [9.17, 15) is 0 Å². The molecule has 5 heteroatoms. The average molecular weight is 633 g/mol. The molecule has 0 unspecified atom stereocenters. The van der Waals surface area contributed by atoms with E-state index in [1.807, 2.05) is 17.1 Å². The van der Waals surface area contributed by atoms with Gasteiger partial charge in [-0.3, -0.25) is 4.57 Å². The minimum absolute atomic E-state index is 0.572. The molecule has 0 aliphatic rings. The first-order valence-electron chi connectivity index (χ1n) is 17.2. The second-order valence-corrected chi connectivity index (χ2v) is 13.8. The van der Waals surface area contributed by atoms with Gasteiger partial charge in [0.2, 0.25) is 0 Å². The van der Waals surface area contributed by atoms with Gasteiger partial charge in [-0.1, -0.05) is 71.0 Å². The summed E-state index contributed by atoms with van der Waals surface area (Å²) in [6, 6.07) is 32.2. The number of nitrogens with zero attached hydrogens (tertiary/aromatic N) is 4. The molecular weight excluding hydrogens is 589 g/mol. The van der Waals surface area contributed by atoms with Crippen molar-refractivity contribution in [2.75, 3.05) is 0 Å². The highest BCUT2D eigenvalue weighted by molar-refractivity contribution is 6.09. The summed E-state index contributed by atoms with van der Waals surface area (Å²) in [7, 11) is 0. The number of aryl methyl sites for hydroxylation is 2. The number of benzene rings is 4. The summed E-state index contributed by atoms with van der Waals surface area (Å²) in [6.07, 6.45) is 9.12. The van der Waals surface area contributed by atoms with E-state index in [1.54, 1.807) is 0 Å². The Morgan fingerprint density at radius 3 is 2.23 bits per heavy atom. The van der Waals surface area contributed by atoms with Crippen molar-refractivity contribution >= 4 is 21.8 Å². The predicted octanol–water partition coefficient (Wildman–Crippen LogP) is 11.1. The van der Waals surface area contributed by atoms with Gasteiger partial charge in [0, 0.05) is 40.9 Å². The molecule has 3 aromatic heterocycles. The Hall–Kier alpha value is -5.16. The van der Waals surface area contributed by atoms with Crippen molar-refractivity contribution in [2.45, 2.75) is 60.8 Å². The summed E-state index contributed by atoms with van der Waals surface area (Å²) < 4.78 is 10.8. The van der Waals surface area contributed by atoms with Crippen LogP contribution in [0.1, 0.15) is 56.9 Å². The summed E-state index contributed by atoms with van der Waals surface area (Å²) >= 11 is 0. The van der Waals surface area contributed by atoms with Crippen LogP contribution in [0.15, 0.2) is 110 Å². The molecule has 0 saturated carbocycles. The summed E-state index contributed by atoms with van der Waals surface area (Å²) in [4.78, 5) is 4.78. The first-order chi connectivity index (χ1) is 23.3. The van der Waals surface area contributed by atoms with Crippen molar-refractivity contribution in [2.24, 2.45) is 11.8 Å². The summed E-state index contributed by atoms with van der Waals surface area (Å²) in [5.74, 6) is 3.61. The smallest absolute Gasteiger partial charge is 0.137 e. The minimum Gasteiger partial charge on any atom is -0.457 e. The molecule has 0 fully saturated rings. The molecule has 3 heterocycles. The van der Waals surface area contributed by atoms with Crippen molar-refractivity contribution in [1.29, 1.82) is 0 Å². The predicted molar refractivity (Wildman–Crippen MR) is 199 cm³/mol. The Bertz CT molecular complexity index is 2210. The maximum Gasteiger partial charge on any atom is 0.137 e. The zero-order valence-corrected chi connectivity index (χ0v) is 28.9. The number of aromatic nitrogens is 4. The van der Waals surface area contributed by atoms with E-state index in [-0.39, 0.29) is 0 Å². The normalized spacial score (nSPS) is 11.8. The third-order valence-corrected chi connectivity index (χ3v) is 8.99. The van der Waals surface area contributed by atoms with Gasteiger partial charge >= 0.3 is 0 Å². The van der Waals surface area contributed by atoms with E-state index < -0.39 is 0 Å². The topological polar surface area (TPSA) is 44.9 Å². The van der Waals surface area contributed by atoms with Crippen LogP contribution < -0.4 is 4.74 Å². The lowest BCUT2D eigenvalue weighted by Gasteiger charge is -2.17. The molecule has 7 rings (SSSR count). The van der Waals surface area contributed by atoms with Crippen LogP contribution in [0.3, 0.4) is 0 Å². The number of fused-ring (bicyclic) bond motifs is 3. The maximum atomic E-state index is 6.60. The molecule has 0 aliphatic carbocycles. The van der Waals surface area contributed by atoms with Crippen LogP contribution in [-0.4, -0.2) is 19.3 Å². The Morgan fingerprint density at radius 1 is 0.729 bits per heavy atom. The van der Waals surface area contributed by atoms with E-state index in [4.69, 9.17) is 14.8 Å². The standard InChI is InChI=1S/C43H44N4O/c1-7-31-17-18-44-42(23-31)47-40-14-9-8-13-38(40)39-16-15-36(25-41(39)47)48-37-22-30(6)21-35(24-37)46-27-34(26-45-46)43-32(19-28(2)3)11-10-12-33(43)20-29(4)5/h8-18,21-29H,7,19-20H2,1-6H3. The molecule has 242 valence electrons. The molecular formula is C43H44N4O. The Kier molecular flexibility index (Phi) is 8.62. The van der Waals surface area contributed by atoms with Gasteiger partial charge < -0.3 is 4.74 Å². The van der Waals surface area contributed by atoms with Crippen LogP contribution >= 0.6 is 0 Å². The van der Waals surface area contributed by atoms with Gasteiger partial charge in [-0.2, -0.15) is 5.10 Å². The van der Waals surface area contributed by atoms with E-state index >= 15 is 0 Å². The molecule has 0 bridgehead atoms. The third kappa shape index (κ3) is 6.25. The highest BCUT2D eigenvalue weighted by Crippen LogP contribution is 2.36. The number of pyridine rings is 1. The fourth-order valence-electron chi connectivity index (χ4n) is 6.96. The van der Waals surface area contributed by atoms with Crippen LogP contribution in [0.4, 0.5) is 0 Å². The third-order valence-electron chi connectivity index (χ3n) is 8.99. The second kappa shape index (κ2) is 13.2. The van der Waals surface area contributed by atoms with E-state index in [1.165, 1.54) is 33.0 Å². The first-order valence-corrected chi connectivity index (χ1v) is 17.2. The second-order valence-electron chi connectivity index (χ2n) is 13.8. The summed E-state index contributed by atoms with van der Waals surface area (Å²) in [5.41, 5.74) is 10.8. The van der Waals surface area contributed by atoms with Crippen LogP contribution in [0, 0.1) is 18.8 Å². The Balaban J connectivity index is 1.25. The summed E-state index contributed by atoms with van der Waals surface area (Å²) in [6.45, 7) is 13.4. The van der Waals surface area contributed by atoms with E-state index in [0.717, 1.165) is 64.4 Å². The molecule has 0 N–H and O–H groups in total. The molecule has 0 spiro atoms. The minimum atomic E-state index is 0.572. The molecule has 0 atom stereocenters. The monoisotopic (exact) mass is 632 g/mol. The van der Waals surface area contributed by atoms with Crippen molar-refractivity contribution in [1.82, 2.24) is 19.3 Å². The molecule has 4 aromatic carbocycles. The Morgan fingerprint density at radius 2 is 1.48 bits per heavy atom. The lowest BCUT2D eigenvalue weighted by Crippen LogP contribution is -2.03. The lowest BCUT2D eigenvalue weighted by molar-refractivity contribution is 0.482. The molecule has 48 heavy (non-hydrogen) atoms. The van der Waals surface area contributed by atoms with Crippen LogP contribution in [0.2, 0.25) is 0 Å². The van der Waals surface area contributed by atoms with Gasteiger partial charge in [-0.25, -0.2) is 9.67 Å². The molecule has 0 amide bonds. The molecule has 5 nitrogen and oxygen atoms in total. The van der Waals surface area contributed by atoms with Crippen LogP contribution in [0.25, 0.3) is 44.4 Å². The van der Waals surface area contributed by atoms with Crippen molar-refractivity contribution < 1.29 is 4.74 Å². The van der Waals surface area contributed by atoms with Gasteiger partial charge in [0.25, 0.3) is 0 Å². The SMILES string of the molecule is CCc1ccnc(-n2c3ccccc3c3ccc(Oc4cc(C)cc(-n5cc(-c6c(CC(C)C)cccc6CC(C)C)cn5)c4)cc32)c1. The average Bonchev–Trinajstić information content (AvgIpc) is 3.67. The molecule has 0 aliphatic heterocycles. The first kappa shape index (κ1) is 31.4. The number of rotatable bonds is 10. The zero-order valence-electron chi connectivity index (χ0n) is 28.9. The number of para-hydroxylation sites is 1. The van der Waals surface area contributed by atoms with Gasteiger partial charge in [0.05, 0.1) is 22.9 Å². The largest absolute Gasteiger partial charge is 0.457 e. The van der Waals surface area contributed by atoms with Crippen molar-refractivity contribution in [3.8, 4) is 34.1 Å². The number of hydrogen-bond donors (Lipinski definition) is 0. The number of ether oxygens (including phenoxy) is 1. The van der Waals surface area contributed by atoms with Crippen LogP contribution in [0.5, 0.6) is 11.5 Å². The molecule has 7 aromatic rings. The van der Waals surface area contributed by atoms with Crippen LogP contribution in [-0.2, 0) is 19.3 Å². The maximum absolute atomic E-state index is 6.60.